The molecule has 1 amide bonds. The summed E-state index contributed by atoms with van der Waals surface area (Å²) in [6, 6.07) is 3.13. The highest BCUT2D eigenvalue weighted by Crippen LogP contribution is 2.45. The van der Waals surface area contributed by atoms with Crippen molar-refractivity contribution in [3.05, 3.63) is 24.3 Å². The van der Waals surface area contributed by atoms with Gasteiger partial charge in [0.05, 0.1) is 24.2 Å². The van der Waals surface area contributed by atoms with Crippen LogP contribution in [0.3, 0.4) is 0 Å². The van der Waals surface area contributed by atoms with E-state index in [9.17, 15) is 9.18 Å². The fourth-order valence-corrected chi connectivity index (χ4v) is 1.92. The van der Waals surface area contributed by atoms with Crippen LogP contribution in [0.5, 0.6) is 0 Å². The van der Waals surface area contributed by atoms with E-state index in [-0.39, 0.29) is 11.4 Å². The average Bonchev–Trinajstić information content (AvgIpc) is 3.15. The molecule has 7 nitrogen and oxygen atoms in total. The molecule has 1 aliphatic rings. The van der Waals surface area contributed by atoms with Crippen molar-refractivity contribution in [1.29, 1.82) is 5.26 Å². The van der Waals surface area contributed by atoms with Crippen molar-refractivity contribution in [3.8, 4) is 17.5 Å². The molecule has 0 radical (unpaired) electrons. The van der Waals surface area contributed by atoms with Gasteiger partial charge in [-0.3, -0.25) is 9.48 Å². The molecule has 8 heteroatoms. The van der Waals surface area contributed by atoms with Gasteiger partial charge in [0, 0.05) is 13.1 Å². The van der Waals surface area contributed by atoms with Crippen LogP contribution in [-0.4, -0.2) is 25.9 Å². The van der Waals surface area contributed by atoms with Gasteiger partial charge in [-0.05, 0) is 12.8 Å². The molecular weight excluding hydrogens is 275 g/mol. The zero-order chi connectivity index (χ0) is 15.0. The Labute approximate surface area is 119 Å². The molecule has 2 heterocycles. The lowest BCUT2D eigenvalue weighted by Gasteiger charge is -2.08. The first-order chi connectivity index (χ1) is 10.0. The van der Waals surface area contributed by atoms with Crippen molar-refractivity contribution in [2.24, 2.45) is 12.5 Å². The number of nitrogens with zero attached hydrogens (tertiary/aromatic N) is 5. The maximum Gasteiger partial charge on any atom is 0.244 e. The molecule has 1 saturated carbocycles. The van der Waals surface area contributed by atoms with Crippen LogP contribution in [0, 0.1) is 22.6 Å². The van der Waals surface area contributed by atoms with E-state index in [4.69, 9.17) is 5.26 Å². The predicted octanol–water partition coefficient (Wildman–Crippen LogP) is 1.26. The number of rotatable bonds is 3. The van der Waals surface area contributed by atoms with Crippen molar-refractivity contribution in [2.45, 2.75) is 12.8 Å². The first kappa shape index (κ1) is 13.2. The number of anilines is 1. The Kier molecular flexibility index (Phi) is 2.90. The molecule has 0 saturated heterocycles. The number of pyridine rings is 1. The Morgan fingerprint density at radius 1 is 1.57 bits per heavy atom. The lowest BCUT2D eigenvalue weighted by Crippen LogP contribution is -2.22. The standard InChI is InChI=1S/C13H11FN6O/c1-20-6-10(18-19-20)11-9(14)4-8(5-16-11)17-12(21)13(7-15)2-3-13/h4-6H,2-3H2,1H3,(H,17,21). The largest absolute Gasteiger partial charge is 0.323 e. The lowest BCUT2D eigenvalue weighted by molar-refractivity contribution is -0.119. The second kappa shape index (κ2) is 4.63. The molecule has 2 aromatic rings. The SMILES string of the molecule is Cn1cc(-c2ncc(NC(=O)C3(C#N)CC3)cc2F)nn1. The van der Waals surface area contributed by atoms with E-state index >= 15 is 0 Å². The van der Waals surface area contributed by atoms with Gasteiger partial charge in [0.25, 0.3) is 0 Å². The molecule has 21 heavy (non-hydrogen) atoms. The first-order valence-corrected chi connectivity index (χ1v) is 6.29. The van der Waals surface area contributed by atoms with Gasteiger partial charge in [0.15, 0.2) is 5.82 Å². The smallest absolute Gasteiger partial charge is 0.244 e. The quantitative estimate of drug-likeness (QED) is 0.916. The number of nitriles is 1. The zero-order valence-corrected chi connectivity index (χ0v) is 11.2. The van der Waals surface area contributed by atoms with Crippen LogP contribution in [0.15, 0.2) is 18.5 Å². The Morgan fingerprint density at radius 2 is 2.33 bits per heavy atom. The van der Waals surface area contributed by atoms with Crippen molar-refractivity contribution < 1.29 is 9.18 Å². The van der Waals surface area contributed by atoms with E-state index < -0.39 is 17.1 Å². The summed E-state index contributed by atoms with van der Waals surface area (Å²) < 4.78 is 15.5. The fourth-order valence-electron chi connectivity index (χ4n) is 1.92. The molecule has 1 aliphatic carbocycles. The number of hydrogen-bond donors (Lipinski definition) is 1. The van der Waals surface area contributed by atoms with E-state index in [1.165, 1.54) is 10.9 Å². The second-order valence-corrected chi connectivity index (χ2v) is 4.98. The van der Waals surface area contributed by atoms with Gasteiger partial charge in [-0.2, -0.15) is 5.26 Å². The minimum atomic E-state index is -0.958. The zero-order valence-electron chi connectivity index (χ0n) is 11.2. The van der Waals surface area contributed by atoms with Gasteiger partial charge in [-0.1, -0.05) is 5.21 Å². The normalized spacial score (nSPS) is 15.3. The Balaban J connectivity index is 1.82. The van der Waals surface area contributed by atoms with Gasteiger partial charge >= 0.3 is 0 Å². The maximum atomic E-state index is 14.0. The van der Waals surface area contributed by atoms with Crippen molar-refractivity contribution in [2.75, 3.05) is 5.32 Å². The number of nitrogens with one attached hydrogen (secondary N) is 1. The van der Waals surface area contributed by atoms with Crippen LogP contribution in [-0.2, 0) is 11.8 Å². The number of aromatic nitrogens is 4. The minimum Gasteiger partial charge on any atom is -0.323 e. The third kappa shape index (κ3) is 2.33. The molecule has 2 aromatic heterocycles. The topological polar surface area (TPSA) is 96.5 Å². The molecule has 0 aromatic carbocycles. The van der Waals surface area contributed by atoms with E-state index in [1.807, 2.05) is 6.07 Å². The molecule has 106 valence electrons. The predicted molar refractivity (Wildman–Crippen MR) is 70.1 cm³/mol. The molecule has 1 fully saturated rings. The van der Waals surface area contributed by atoms with Crippen molar-refractivity contribution in [3.63, 3.8) is 0 Å². The lowest BCUT2D eigenvalue weighted by atomic mass is 10.1. The van der Waals surface area contributed by atoms with Crippen LogP contribution in [0.1, 0.15) is 12.8 Å². The monoisotopic (exact) mass is 286 g/mol. The van der Waals surface area contributed by atoms with Crippen LogP contribution in [0.2, 0.25) is 0 Å². The summed E-state index contributed by atoms with van der Waals surface area (Å²) in [5.74, 6) is -1.03. The third-order valence-corrected chi connectivity index (χ3v) is 3.34. The van der Waals surface area contributed by atoms with E-state index in [0.29, 0.717) is 18.5 Å². The van der Waals surface area contributed by atoms with Crippen LogP contribution < -0.4 is 5.32 Å². The minimum absolute atomic E-state index is 0.0579. The van der Waals surface area contributed by atoms with Gasteiger partial charge < -0.3 is 5.32 Å². The van der Waals surface area contributed by atoms with Crippen molar-refractivity contribution in [1.82, 2.24) is 20.0 Å². The molecule has 0 atom stereocenters. The number of carbonyl (C=O) groups is 1. The highest BCUT2D eigenvalue weighted by molar-refractivity contribution is 5.99. The number of halogens is 1. The summed E-state index contributed by atoms with van der Waals surface area (Å²) in [5.41, 5.74) is -0.377. The fraction of sp³-hybridized carbons (Fsp3) is 0.308. The third-order valence-electron chi connectivity index (χ3n) is 3.34. The van der Waals surface area contributed by atoms with Crippen LogP contribution in [0.4, 0.5) is 10.1 Å². The molecule has 0 spiro atoms. The summed E-state index contributed by atoms with van der Waals surface area (Å²) in [4.78, 5) is 15.8. The summed E-state index contributed by atoms with van der Waals surface area (Å²) in [7, 11) is 1.67. The van der Waals surface area contributed by atoms with Gasteiger partial charge in [0.2, 0.25) is 5.91 Å². The van der Waals surface area contributed by atoms with Gasteiger partial charge in [0.1, 0.15) is 16.8 Å². The highest BCUT2D eigenvalue weighted by atomic mass is 19.1. The number of amides is 1. The second-order valence-electron chi connectivity index (χ2n) is 4.98. The highest BCUT2D eigenvalue weighted by Gasteiger charge is 2.50. The summed E-state index contributed by atoms with van der Waals surface area (Å²) >= 11 is 0. The summed E-state index contributed by atoms with van der Waals surface area (Å²) in [6.45, 7) is 0. The summed E-state index contributed by atoms with van der Waals surface area (Å²) in [5, 5.41) is 18.9. The molecule has 3 rings (SSSR count). The molecular formula is C13H11FN6O. The molecule has 1 N–H and O–H groups in total. The maximum absolute atomic E-state index is 14.0. The van der Waals surface area contributed by atoms with E-state index in [0.717, 1.165) is 6.07 Å². The number of hydrogen-bond acceptors (Lipinski definition) is 5. The van der Waals surface area contributed by atoms with Gasteiger partial charge in [-0.15, -0.1) is 5.10 Å². The van der Waals surface area contributed by atoms with E-state index in [1.54, 1.807) is 13.2 Å². The molecule has 0 bridgehead atoms. The number of aryl methyl sites for hydroxylation is 1. The Bertz CT molecular complexity index is 758. The Hall–Kier alpha value is -2.82. The Morgan fingerprint density at radius 3 is 2.86 bits per heavy atom. The first-order valence-electron chi connectivity index (χ1n) is 6.29. The van der Waals surface area contributed by atoms with Crippen molar-refractivity contribution >= 4 is 11.6 Å². The molecule has 0 unspecified atom stereocenters. The van der Waals surface area contributed by atoms with E-state index in [2.05, 4.69) is 20.6 Å². The molecule has 0 aliphatic heterocycles. The average molecular weight is 286 g/mol. The van der Waals surface area contributed by atoms with Crippen LogP contribution >= 0.6 is 0 Å². The van der Waals surface area contributed by atoms with Crippen LogP contribution in [0.25, 0.3) is 11.4 Å². The summed E-state index contributed by atoms with van der Waals surface area (Å²) in [6.07, 6.45) is 3.93. The number of carbonyl (C=O) groups excluding carboxylic acids is 1. The van der Waals surface area contributed by atoms with Gasteiger partial charge in [-0.25, -0.2) is 9.37 Å².